The average Bonchev–Trinajstić information content (AvgIpc) is 3.89. The van der Waals surface area contributed by atoms with Gasteiger partial charge in [-0.25, -0.2) is 19.1 Å². The van der Waals surface area contributed by atoms with Gasteiger partial charge in [-0.3, -0.25) is 22.5 Å². The average molecular weight is 824 g/mol. The predicted molar refractivity (Wildman–Crippen MR) is 221 cm³/mol. The fourth-order valence-corrected chi connectivity index (χ4v) is 7.82. The van der Waals surface area contributed by atoms with Gasteiger partial charge in [0.25, 0.3) is 0 Å². The van der Waals surface area contributed by atoms with Crippen LogP contribution >= 0.6 is 15.6 Å². The van der Waals surface area contributed by atoms with Crippen LogP contribution < -0.4 is 13.8 Å². The molecule has 3 aromatic heterocycles. The monoisotopic (exact) mass is 823 g/mol. The number of nitrogens with zero attached hydrogens (tertiary/aromatic N) is 3. The van der Waals surface area contributed by atoms with Gasteiger partial charge in [0.2, 0.25) is 5.88 Å². The Kier molecular flexibility index (Phi) is 14.5. The first-order valence-corrected chi connectivity index (χ1v) is 21.1. The molecule has 6 aromatic rings. The van der Waals surface area contributed by atoms with E-state index in [4.69, 9.17) is 46.3 Å². The molecular weight excluding hydrogens is 780 g/mol. The van der Waals surface area contributed by atoms with Crippen molar-refractivity contribution in [3.63, 3.8) is 0 Å². The molecule has 0 atom stereocenters. The van der Waals surface area contributed by atoms with E-state index in [9.17, 15) is 9.13 Å². The molecule has 15 heteroatoms. The van der Waals surface area contributed by atoms with Crippen LogP contribution in [-0.2, 0) is 46.7 Å². The van der Waals surface area contributed by atoms with E-state index in [-0.39, 0.29) is 44.5 Å². The first-order chi connectivity index (χ1) is 28.2. The molecule has 300 valence electrons. The number of imidazole rings is 1. The number of phosphoric ester groups is 2. The quantitative estimate of drug-likeness (QED) is 0.0423. The van der Waals surface area contributed by atoms with Crippen molar-refractivity contribution in [1.82, 2.24) is 14.4 Å². The number of hydrogen-bond donors (Lipinski definition) is 0. The number of aromatic nitrogens is 3. The summed E-state index contributed by atoms with van der Waals surface area (Å²) in [4.78, 5) is 10.2. The zero-order valence-electron chi connectivity index (χ0n) is 31.7. The fraction of sp³-hybridized carbons (Fsp3) is 0.163. The van der Waals surface area contributed by atoms with E-state index in [1.165, 1.54) is 24.3 Å². The largest absolute Gasteiger partial charge is 0.530 e. The van der Waals surface area contributed by atoms with Crippen LogP contribution in [-0.4, -0.2) is 40.8 Å². The van der Waals surface area contributed by atoms with Gasteiger partial charge in [-0.05, 0) is 47.5 Å². The lowest BCUT2D eigenvalue weighted by molar-refractivity contribution is 0.179. The molecule has 0 unspecified atom stereocenters. The lowest BCUT2D eigenvalue weighted by Gasteiger charge is -2.18. The third kappa shape index (κ3) is 11.2. The molecule has 0 N–H and O–H groups in total. The maximum Gasteiger partial charge on any atom is 0.530 e. The number of phosphoric acid groups is 2. The molecule has 3 aromatic carbocycles. The molecule has 0 bridgehead atoms. The van der Waals surface area contributed by atoms with Crippen LogP contribution in [0, 0.1) is 0 Å². The highest BCUT2D eigenvalue weighted by Crippen LogP contribution is 2.50. The number of benzene rings is 3. The van der Waals surface area contributed by atoms with Gasteiger partial charge in [-0.1, -0.05) is 78.9 Å². The van der Waals surface area contributed by atoms with Gasteiger partial charge in [0, 0.05) is 18.2 Å². The number of furan rings is 1. The van der Waals surface area contributed by atoms with Gasteiger partial charge in [-0.2, -0.15) is 0 Å². The second-order valence-corrected chi connectivity index (χ2v) is 15.6. The van der Waals surface area contributed by atoms with Gasteiger partial charge in [-0.15, -0.1) is 26.3 Å². The summed E-state index contributed by atoms with van der Waals surface area (Å²) in [6, 6.07) is 27.5. The van der Waals surface area contributed by atoms with E-state index >= 15 is 0 Å². The number of hydrogen-bond acceptors (Lipinski definition) is 12. The molecule has 13 nitrogen and oxygen atoms in total. The van der Waals surface area contributed by atoms with Crippen molar-refractivity contribution in [2.24, 2.45) is 0 Å². The molecule has 0 aliphatic carbocycles. The summed E-state index contributed by atoms with van der Waals surface area (Å²) in [5.41, 5.74) is 4.93. The second-order valence-electron chi connectivity index (χ2n) is 12.4. The van der Waals surface area contributed by atoms with Gasteiger partial charge in [0.05, 0.1) is 50.5 Å². The molecule has 0 spiro atoms. The Morgan fingerprint density at radius 2 is 1.28 bits per heavy atom. The highest BCUT2D eigenvalue weighted by molar-refractivity contribution is 7.49. The van der Waals surface area contributed by atoms with Crippen LogP contribution in [0.3, 0.4) is 0 Å². The molecule has 6 rings (SSSR count). The van der Waals surface area contributed by atoms with Crippen LogP contribution in [0.15, 0.2) is 158 Å². The predicted octanol–water partition coefficient (Wildman–Crippen LogP) is 10.5. The van der Waals surface area contributed by atoms with Crippen LogP contribution in [0.5, 0.6) is 17.4 Å². The lowest BCUT2D eigenvalue weighted by atomic mass is 10.1. The molecule has 3 heterocycles. The van der Waals surface area contributed by atoms with Crippen LogP contribution in [0.4, 0.5) is 0 Å². The summed E-state index contributed by atoms with van der Waals surface area (Å²) in [5, 5.41) is 0. The van der Waals surface area contributed by atoms with Gasteiger partial charge in [0.1, 0.15) is 29.6 Å². The van der Waals surface area contributed by atoms with E-state index < -0.39 is 15.6 Å². The van der Waals surface area contributed by atoms with Crippen LogP contribution in [0.25, 0.3) is 16.9 Å². The summed E-state index contributed by atoms with van der Waals surface area (Å²) in [6.07, 6.45) is 10.1. The molecule has 0 fully saturated rings. The molecule has 0 aliphatic heterocycles. The van der Waals surface area contributed by atoms with Crippen LogP contribution in [0.1, 0.15) is 28.3 Å². The Morgan fingerprint density at radius 3 is 1.88 bits per heavy atom. The number of ether oxygens (including phenoxy) is 1. The maximum atomic E-state index is 13.5. The minimum Gasteiger partial charge on any atom is -0.472 e. The SMILES string of the molecule is C=CCOP(=O)(OCC=C)Oc1ccc(COc2c(Cc3ccco3)nc3c(Cc4ccccc4)nc(-c4cccc(OP(=O)(OCC=C)OCC=C)c4)cn23)cc1. The van der Waals surface area contributed by atoms with Crippen molar-refractivity contribution < 1.29 is 45.4 Å². The van der Waals surface area contributed by atoms with Crippen LogP contribution in [0.2, 0.25) is 0 Å². The molecule has 0 saturated heterocycles. The molecule has 0 aliphatic rings. The summed E-state index contributed by atoms with van der Waals surface area (Å²) in [7, 11) is -7.95. The van der Waals surface area contributed by atoms with Crippen molar-refractivity contribution in [3.05, 3.63) is 182 Å². The minimum absolute atomic E-state index is 0.0261. The van der Waals surface area contributed by atoms with Crippen molar-refractivity contribution in [2.75, 3.05) is 26.4 Å². The topological polar surface area (TPSA) is 142 Å². The zero-order chi connectivity index (χ0) is 40.8. The molecule has 0 radical (unpaired) electrons. The zero-order valence-corrected chi connectivity index (χ0v) is 33.5. The highest BCUT2D eigenvalue weighted by Gasteiger charge is 2.29. The summed E-state index contributed by atoms with van der Waals surface area (Å²) >= 11 is 0. The minimum atomic E-state index is -4.02. The standard InChI is InChI=1S/C43H43N3O10P2/c1-5-23-51-57(47,52-24-6-2)55-36-21-19-34(20-22-36)32-50-43-40(30-37-18-13-27-49-37)45-42-39(28-33-14-10-9-11-15-33)44-41(31-46(42)43)35-16-12-17-38(29-35)56-58(48,53-25-7-3)54-26-8-4/h5-22,27,29,31H,1-4,23-26,28,30,32H2. The second kappa shape index (κ2) is 20.1. The fourth-order valence-electron chi connectivity index (χ4n) is 5.55. The van der Waals surface area contributed by atoms with Crippen molar-refractivity contribution >= 4 is 21.3 Å². The van der Waals surface area contributed by atoms with E-state index in [0.717, 1.165) is 11.1 Å². The van der Waals surface area contributed by atoms with E-state index in [1.54, 1.807) is 48.7 Å². The third-order valence-electron chi connectivity index (χ3n) is 8.10. The van der Waals surface area contributed by atoms with E-state index in [1.807, 2.05) is 59.1 Å². The van der Waals surface area contributed by atoms with Crippen molar-refractivity contribution in [2.45, 2.75) is 19.4 Å². The summed E-state index contributed by atoms with van der Waals surface area (Å²) < 4.78 is 73.7. The number of fused-ring (bicyclic) bond motifs is 1. The van der Waals surface area contributed by atoms with Gasteiger partial charge in [0.15, 0.2) is 5.65 Å². The Bertz CT molecular complexity index is 2380. The third-order valence-corrected chi connectivity index (χ3v) is 10.8. The summed E-state index contributed by atoms with van der Waals surface area (Å²) in [5.74, 6) is 1.68. The van der Waals surface area contributed by atoms with Gasteiger partial charge < -0.3 is 18.2 Å². The van der Waals surface area contributed by atoms with Gasteiger partial charge >= 0.3 is 15.6 Å². The van der Waals surface area contributed by atoms with E-state index in [2.05, 4.69) is 26.3 Å². The maximum absolute atomic E-state index is 13.5. The molecule has 0 saturated carbocycles. The molecule has 58 heavy (non-hydrogen) atoms. The normalized spacial score (nSPS) is 11.6. The first kappa shape index (κ1) is 41.8. The molecular formula is C43H43N3O10P2. The van der Waals surface area contributed by atoms with Crippen molar-refractivity contribution in [3.8, 4) is 28.6 Å². The Labute approximate surface area is 337 Å². The lowest BCUT2D eigenvalue weighted by Crippen LogP contribution is -2.05. The Hall–Kier alpha value is -5.78. The Balaban J connectivity index is 1.37. The summed E-state index contributed by atoms with van der Waals surface area (Å²) in [6.45, 7) is 14.4. The Morgan fingerprint density at radius 1 is 0.638 bits per heavy atom. The number of rotatable bonds is 24. The smallest absolute Gasteiger partial charge is 0.472 e. The van der Waals surface area contributed by atoms with Crippen molar-refractivity contribution in [1.29, 1.82) is 0 Å². The highest BCUT2D eigenvalue weighted by atomic mass is 31.2. The first-order valence-electron chi connectivity index (χ1n) is 18.1. The van der Waals surface area contributed by atoms with E-state index in [0.29, 0.717) is 52.8 Å². The molecule has 0 amide bonds.